The molecule has 0 aliphatic heterocycles. The third-order valence-corrected chi connectivity index (χ3v) is 3.16. The number of amides is 1. The molecule has 0 bridgehead atoms. The smallest absolute Gasteiger partial charge is 0.248 e. The first kappa shape index (κ1) is 14.2. The number of nitrogen functional groups attached to an aromatic ring is 1. The molecule has 0 aliphatic rings. The Bertz CT molecular complexity index is 661. The molecule has 1 amide bonds. The highest BCUT2D eigenvalue weighted by Gasteiger charge is 2.11. The van der Waals surface area contributed by atoms with Crippen LogP contribution in [-0.4, -0.2) is 5.91 Å². The van der Waals surface area contributed by atoms with Crippen LogP contribution in [0.5, 0.6) is 11.5 Å². The summed E-state index contributed by atoms with van der Waals surface area (Å²) in [5, 5.41) is 0.548. The molecule has 0 spiro atoms. The molecule has 0 aromatic heterocycles. The van der Waals surface area contributed by atoms with Gasteiger partial charge in [0.15, 0.2) is 0 Å². The summed E-state index contributed by atoms with van der Waals surface area (Å²) < 4.78 is 5.82. The summed E-state index contributed by atoms with van der Waals surface area (Å²) >= 11 is 5.85. The van der Waals surface area contributed by atoms with Crippen molar-refractivity contribution < 1.29 is 9.53 Å². The first-order valence-electron chi connectivity index (χ1n) is 6.02. The highest BCUT2D eigenvalue weighted by molar-refractivity contribution is 6.30. The Balaban J connectivity index is 2.41. The average Bonchev–Trinajstić information content (AvgIpc) is 2.35. The number of ether oxygens (including phenoxy) is 1. The minimum atomic E-state index is -0.464. The van der Waals surface area contributed by atoms with E-state index in [0.29, 0.717) is 27.8 Å². The summed E-state index contributed by atoms with van der Waals surface area (Å²) in [6.45, 7) is 3.70. The van der Waals surface area contributed by atoms with Crippen molar-refractivity contribution >= 4 is 23.2 Å². The molecule has 0 saturated heterocycles. The van der Waals surface area contributed by atoms with Crippen molar-refractivity contribution in [1.82, 2.24) is 0 Å². The van der Waals surface area contributed by atoms with E-state index in [-0.39, 0.29) is 0 Å². The number of hydrogen-bond donors (Lipinski definition) is 2. The Morgan fingerprint density at radius 3 is 2.25 bits per heavy atom. The SMILES string of the molecule is Cc1cc(C(N)=O)cc(C)c1Oc1ccc(Cl)cc1N. The Hall–Kier alpha value is -2.20. The lowest BCUT2D eigenvalue weighted by Crippen LogP contribution is -2.11. The van der Waals surface area contributed by atoms with Gasteiger partial charge < -0.3 is 16.2 Å². The summed E-state index contributed by atoms with van der Waals surface area (Å²) in [5.41, 5.74) is 13.7. The van der Waals surface area contributed by atoms with Gasteiger partial charge in [0.05, 0.1) is 5.69 Å². The molecule has 0 fully saturated rings. The Morgan fingerprint density at radius 2 is 1.75 bits per heavy atom. The summed E-state index contributed by atoms with van der Waals surface area (Å²) in [5.74, 6) is 0.713. The van der Waals surface area contributed by atoms with E-state index in [1.807, 2.05) is 13.8 Å². The molecule has 2 aromatic rings. The van der Waals surface area contributed by atoms with Crippen LogP contribution in [0.3, 0.4) is 0 Å². The fourth-order valence-electron chi connectivity index (χ4n) is 1.98. The van der Waals surface area contributed by atoms with Crippen LogP contribution in [0, 0.1) is 13.8 Å². The molecule has 0 unspecified atom stereocenters. The number of anilines is 1. The zero-order chi connectivity index (χ0) is 14.9. The van der Waals surface area contributed by atoms with Crippen LogP contribution in [-0.2, 0) is 0 Å². The van der Waals surface area contributed by atoms with E-state index < -0.39 is 5.91 Å². The molecule has 4 N–H and O–H groups in total. The molecule has 5 heteroatoms. The van der Waals surface area contributed by atoms with Gasteiger partial charge in [-0.3, -0.25) is 4.79 Å². The summed E-state index contributed by atoms with van der Waals surface area (Å²) in [6, 6.07) is 8.42. The largest absolute Gasteiger partial charge is 0.455 e. The lowest BCUT2D eigenvalue weighted by Gasteiger charge is -2.14. The van der Waals surface area contributed by atoms with Crippen molar-refractivity contribution in [1.29, 1.82) is 0 Å². The molecule has 2 aromatic carbocycles. The van der Waals surface area contributed by atoms with E-state index in [0.717, 1.165) is 11.1 Å². The Labute approximate surface area is 122 Å². The van der Waals surface area contributed by atoms with Gasteiger partial charge in [-0.25, -0.2) is 0 Å². The second-order valence-corrected chi connectivity index (χ2v) is 5.02. The van der Waals surface area contributed by atoms with Crippen LogP contribution >= 0.6 is 11.6 Å². The maximum atomic E-state index is 11.2. The van der Waals surface area contributed by atoms with Crippen molar-refractivity contribution in [2.75, 3.05) is 5.73 Å². The van der Waals surface area contributed by atoms with E-state index in [1.54, 1.807) is 30.3 Å². The number of primary amides is 1. The second-order valence-electron chi connectivity index (χ2n) is 4.59. The fraction of sp³-hybridized carbons (Fsp3) is 0.133. The van der Waals surface area contributed by atoms with Crippen molar-refractivity contribution in [2.24, 2.45) is 5.73 Å². The number of nitrogens with two attached hydrogens (primary N) is 2. The van der Waals surface area contributed by atoms with Gasteiger partial charge in [0.1, 0.15) is 11.5 Å². The number of carbonyl (C=O) groups excluding carboxylic acids is 1. The first-order valence-corrected chi connectivity index (χ1v) is 6.40. The number of halogens is 1. The van der Waals surface area contributed by atoms with Gasteiger partial charge >= 0.3 is 0 Å². The summed E-state index contributed by atoms with van der Waals surface area (Å²) in [7, 11) is 0. The topological polar surface area (TPSA) is 78.3 Å². The third kappa shape index (κ3) is 2.86. The van der Waals surface area contributed by atoms with Gasteiger partial charge in [-0.2, -0.15) is 0 Å². The highest BCUT2D eigenvalue weighted by Crippen LogP contribution is 2.34. The van der Waals surface area contributed by atoms with Crippen molar-refractivity contribution in [2.45, 2.75) is 13.8 Å². The monoisotopic (exact) mass is 290 g/mol. The van der Waals surface area contributed by atoms with Crippen LogP contribution in [0.4, 0.5) is 5.69 Å². The molecule has 0 atom stereocenters. The fourth-order valence-corrected chi connectivity index (χ4v) is 2.16. The molecule has 4 nitrogen and oxygen atoms in total. The van der Waals surface area contributed by atoms with Gasteiger partial charge in [0, 0.05) is 10.6 Å². The lowest BCUT2D eigenvalue weighted by molar-refractivity contribution is 0.1000. The quantitative estimate of drug-likeness (QED) is 0.850. The van der Waals surface area contributed by atoms with E-state index in [1.165, 1.54) is 0 Å². The molecule has 0 saturated carbocycles. The predicted octanol–water partition coefficient (Wildman–Crippen LogP) is 3.43. The molecule has 2 rings (SSSR count). The number of aryl methyl sites for hydroxylation is 2. The van der Waals surface area contributed by atoms with Crippen LogP contribution in [0.2, 0.25) is 5.02 Å². The van der Waals surface area contributed by atoms with Gasteiger partial charge in [0.2, 0.25) is 5.91 Å². The zero-order valence-electron chi connectivity index (χ0n) is 11.2. The number of carbonyl (C=O) groups is 1. The number of rotatable bonds is 3. The maximum absolute atomic E-state index is 11.2. The second kappa shape index (κ2) is 5.43. The maximum Gasteiger partial charge on any atom is 0.248 e. The van der Waals surface area contributed by atoms with Crippen LogP contribution < -0.4 is 16.2 Å². The van der Waals surface area contributed by atoms with E-state index in [2.05, 4.69) is 0 Å². The zero-order valence-corrected chi connectivity index (χ0v) is 12.0. The number of benzene rings is 2. The predicted molar refractivity (Wildman–Crippen MR) is 80.4 cm³/mol. The van der Waals surface area contributed by atoms with E-state index in [4.69, 9.17) is 27.8 Å². The standard InChI is InChI=1S/C15H15ClN2O2/c1-8-5-10(15(18)19)6-9(2)14(8)20-13-4-3-11(16)7-12(13)17/h3-7H,17H2,1-2H3,(H2,18,19). The third-order valence-electron chi connectivity index (χ3n) is 2.93. The first-order chi connectivity index (χ1) is 9.38. The summed E-state index contributed by atoms with van der Waals surface area (Å²) in [6.07, 6.45) is 0. The molecular formula is C15H15ClN2O2. The molecule has 0 radical (unpaired) electrons. The lowest BCUT2D eigenvalue weighted by atomic mass is 10.1. The minimum absolute atomic E-state index is 0.454. The van der Waals surface area contributed by atoms with Gasteiger partial charge in [0.25, 0.3) is 0 Å². The van der Waals surface area contributed by atoms with Crippen LogP contribution in [0.25, 0.3) is 0 Å². The minimum Gasteiger partial charge on any atom is -0.455 e. The summed E-state index contributed by atoms with van der Waals surface area (Å²) in [4.78, 5) is 11.2. The van der Waals surface area contributed by atoms with E-state index in [9.17, 15) is 4.79 Å². The van der Waals surface area contributed by atoms with Gasteiger partial charge in [-0.1, -0.05) is 11.6 Å². The number of hydrogen-bond acceptors (Lipinski definition) is 3. The molecular weight excluding hydrogens is 276 g/mol. The Kier molecular flexibility index (Phi) is 3.86. The van der Waals surface area contributed by atoms with Crippen LogP contribution in [0.15, 0.2) is 30.3 Å². The molecule has 0 heterocycles. The highest BCUT2D eigenvalue weighted by atomic mass is 35.5. The normalized spacial score (nSPS) is 10.3. The molecule has 0 aliphatic carbocycles. The van der Waals surface area contributed by atoms with Gasteiger partial charge in [-0.05, 0) is 55.3 Å². The molecule has 20 heavy (non-hydrogen) atoms. The molecule has 104 valence electrons. The van der Waals surface area contributed by atoms with Crippen molar-refractivity contribution in [3.05, 3.63) is 52.0 Å². The average molecular weight is 291 g/mol. The Morgan fingerprint density at radius 1 is 1.15 bits per heavy atom. The van der Waals surface area contributed by atoms with Gasteiger partial charge in [-0.15, -0.1) is 0 Å². The van der Waals surface area contributed by atoms with Crippen molar-refractivity contribution in [3.63, 3.8) is 0 Å². The van der Waals surface area contributed by atoms with Crippen molar-refractivity contribution in [3.8, 4) is 11.5 Å². The van der Waals surface area contributed by atoms with Crippen LogP contribution in [0.1, 0.15) is 21.5 Å². The van der Waals surface area contributed by atoms with E-state index >= 15 is 0 Å².